The molecule has 0 radical (unpaired) electrons. The quantitative estimate of drug-likeness (QED) is 0.538. The van der Waals surface area contributed by atoms with Crippen molar-refractivity contribution in [2.45, 2.75) is 20.8 Å². The van der Waals surface area contributed by atoms with E-state index in [1.807, 2.05) is 13.8 Å². The lowest BCUT2D eigenvalue weighted by atomic mass is 9.94. The largest absolute Gasteiger partial charge is 0.493 e. The van der Waals surface area contributed by atoms with Gasteiger partial charge in [0, 0.05) is 36.0 Å². The van der Waals surface area contributed by atoms with Gasteiger partial charge in [0.05, 0.1) is 6.61 Å². The van der Waals surface area contributed by atoms with Crippen LogP contribution in [0.15, 0.2) is 23.0 Å². The van der Waals surface area contributed by atoms with Crippen LogP contribution in [0.3, 0.4) is 0 Å². The molecule has 0 amide bonds. The molecule has 0 saturated carbocycles. The fraction of sp³-hybridized carbons (Fsp3) is 0.316. The molecule has 0 aliphatic rings. The number of nitrogens with one attached hydrogen (secondary N) is 1. The lowest BCUT2D eigenvalue weighted by molar-refractivity contribution is 0.0695. The molecular weight excluding hydrogens is 366 g/mol. The van der Waals surface area contributed by atoms with E-state index in [0.29, 0.717) is 0 Å². The highest BCUT2D eigenvalue weighted by atomic mass is 16.5. The van der Waals surface area contributed by atoms with Crippen molar-refractivity contribution in [2.75, 3.05) is 30.3 Å². The number of H-pyrrole nitrogens is 1. The maximum absolute atomic E-state index is 12.2. The summed E-state index contributed by atoms with van der Waals surface area (Å²) >= 11 is 0. The first-order valence-corrected chi connectivity index (χ1v) is 8.81. The van der Waals surface area contributed by atoms with Crippen molar-refractivity contribution >= 4 is 23.4 Å². The van der Waals surface area contributed by atoms with E-state index in [4.69, 9.17) is 10.5 Å². The number of aromatic amines is 1. The van der Waals surface area contributed by atoms with Crippen molar-refractivity contribution in [3.8, 4) is 16.9 Å². The number of aromatic carboxylic acids is 2. The highest BCUT2D eigenvalue weighted by Gasteiger charge is 2.28. The molecule has 150 valence electrons. The third kappa shape index (κ3) is 3.78. The molecule has 28 heavy (non-hydrogen) atoms. The summed E-state index contributed by atoms with van der Waals surface area (Å²) in [6, 6.07) is 4.96. The van der Waals surface area contributed by atoms with E-state index in [1.54, 1.807) is 25.1 Å². The first kappa shape index (κ1) is 20.8. The average Bonchev–Trinajstić information content (AvgIpc) is 2.62. The molecule has 0 atom stereocenters. The first-order chi connectivity index (χ1) is 13.3. The van der Waals surface area contributed by atoms with Crippen molar-refractivity contribution in [1.82, 2.24) is 4.98 Å². The van der Waals surface area contributed by atoms with Crippen LogP contribution in [0.25, 0.3) is 11.1 Å². The van der Waals surface area contributed by atoms with Gasteiger partial charge >= 0.3 is 11.9 Å². The SMILES string of the molecule is CCOc1cc(N(CC)CC)ccc1-c1c(C(=O)O)c(N)[nH]c(=O)c1C(=O)O. The standard InChI is InChI=1S/C19H23N3O6/c1-4-22(5-2)10-7-8-11(12(9-10)28-6-3)13-14(18(24)25)16(20)21-17(23)15(13)19(26)27/h7-9H,4-6H2,1-3H3,(H,24,25)(H,26,27)(H3,20,21,23). The van der Waals surface area contributed by atoms with Gasteiger partial charge in [-0.3, -0.25) is 4.79 Å². The van der Waals surface area contributed by atoms with E-state index in [9.17, 15) is 24.6 Å². The topological polar surface area (TPSA) is 146 Å². The average molecular weight is 389 g/mol. The maximum atomic E-state index is 12.2. The van der Waals surface area contributed by atoms with E-state index < -0.39 is 34.4 Å². The Morgan fingerprint density at radius 1 is 1.11 bits per heavy atom. The Kier molecular flexibility index (Phi) is 6.29. The van der Waals surface area contributed by atoms with E-state index in [2.05, 4.69) is 9.88 Å². The molecule has 1 aromatic heterocycles. The number of benzene rings is 1. The molecule has 0 bridgehead atoms. The summed E-state index contributed by atoms with van der Waals surface area (Å²) in [5, 5.41) is 19.1. The predicted octanol–water partition coefficient (Wildman–Crippen LogP) is 2.27. The zero-order valence-electron chi connectivity index (χ0n) is 15.9. The summed E-state index contributed by atoms with van der Waals surface area (Å²) in [5.41, 5.74) is 4.23. The van der Waals surface area contributed by atoms with Crippen molar-refractivity contribution in [3.63, 3.8) is 0 Å². The summed E-state index contributed by atoms with van der Waals surface area (Å²) < 4.78 is 5.65. The summed E-state index contributed by atoms with van der Waals surface area (Å²) in [7, 11) is 0. The molecule has 1 heterocycles. The molecule has 5 N–H and O–H groups in total. The summed E-state index contributed by atoms with van der Waals surface area (Å²) in [6.07, 6.45) is 0. The number of rotatable bonds is 8. The van der Waals surface area contributed by atoms with Crippen molar-refractivity contribution in [2.24, 2.45) is 0 Å². The van der Waals surface area contributed by atoms with Crippen LogP contribution >= 0.6 is 0 Å². The number of hydrogen-bond acceptors (Lipinski definition) is 6. The molecule has 1 aromatic carbocycles. The second-order valence-electron chi connectivity index (χ2n) is 5.89. The highest BCUT2D eigenvalue weighted by Crippen LogP contribution is 2.38. The van der Waals surface area contributed by atoms with Crippen LogP contribution in [-0.4, -0.2) is 46.8 Å². The van der Waals surface area contributed by atoms with Gasteiger partial charge in [0.25, 0.3) is 5.56 Å². The monoisotopic (exact) mass is 389 g/mol. The molecule has 0 unspecified atom stereocenters. The number of nitrogen functional groups attached to an aromatic ring is 1. The smallest absolute Gasteiger partial charge is 0.342 e. The van der Waals surface area contributed by atoms with Crippen LogP contribution in [0.1, 0.15) is 41.5 Å². The lowest BCUT2D eigenvalue weighted by Crippen LogP contribution is -2.24. The number of aromatic nitrogens is 1. The third-order valence-corrected chi connectivity index (χ3v) is 4.34. The fourth-order valence-electron chi connectivity index (χ4n) is 3.09. The third-order valence-electron chi connectivity index (χ3n) is 4.34. The number of carboxylic acids is 2. The van der Waals surface area contributed by atoms with Gasteiger partial charge in [0.2, 0.25) is 0 Å². The predicted molar refractivity (Wildman–Crippen MR) is 106 cm³/mol. The molecule has 2 aromatic rings. The van der Waals surface area contributed by atoms with Crippen LogP contribution in [0.2, 0.25) is 0 Å². The Hall–Kier alpha value is -3.49. The molecule has 9 nitrogen and oxygen atoms in total. The fourth-order valence-corrected chi connectivity index (χ4v) is 3.09. The number of pyridine rings is 1. The van der Waals surface area contributed by atoms with E-state index in [-0.39, 0.29) is 23.5 Å². The Morgan fingerprint density at radius 3 is 2.21 bits per heavy atom. The van der Waals surface area contributed by atoms with E-state index in [1.165, 1.54) is 0 Å². The number of hydrogen-bond donors (Lipinski definition) is 4. The second-order valence-corrected chi connectivity index (χ2v) is 5.89. The molecule has 0 spiro atoms. The number of ether oxygens (including phenoxy) is 1. The molecule has 0 fully saturated rings. The second kappa shape index (κ2) is 8.47. The minimum Gasteiger partial charge on any atom is -0.493 e. The zero-order chi connectivity index (χ0) is 21.0. The molecule has 0 aliphatic carbocycles. The van der Waals surface area contributed by atoms with Gasteiger partial charge in [-0.2, -0.15) is 0 Å². The Balaban J connectivity index is 2.92. The zero-order valence-corrected chi connectivity index (χ0v) is 15.9. The van der Waals surface area contributed by atoms with Gasteiger partial charge in [-0.05, 0) is 32.9 Å². The number of carbonyl (C=O) groups is 2. The maximum Gasteiger partial charge on any atom is 0.342 e. The molecule has 0 aliphatic heterocycles. The van der Waals surface area contributed by atoms with Crippen LogP contribution in [-0.2, 0) is 0 Å². The molecule has 0 saturated heterocycles. The van der Waals surface area contributed by atoms with Crippen molar-refractivity contribution in [1.29, 1.82) is 0 Å². The van der Waals surface area contributed by atoms with Gasteiger partial charge in [-0.1, -0.05) is 0 Å². The van der Waals surface area contributed by atoms with Gasteiger partial charge < -0.3 is 30.6 Å². The Morgan fingerprint density at radius 2 is 1.71 bits per heavy atom. The number of nitrogens with zero attached hydrogens (tertiary/aromatic N) is 1. The number of nitrogens with two attached hydrogens (primary N) is 1. The van der Waals surface area contributed by atoms with Crippen molar-refractivity contribution in [3.05, 3.63) is 39.7 Å². The minimum atomic E-state index is -1.56. The van der Waals surface area contributed by atoms with Gasteiger partial charge in [-0.25, -0.2) is 9.59 Å². The lowest BCUT2D eigenvalue weighted by Gasteiger charge is -2.23. The van der Waals surface area contributed by atoms with Crippen molar-refractivity contribution < 1.29 is 24.5 Å². The molecule has 9 heteroatoms. The van der Waals surface area contributed by atoms with E-state index >= 15 is 0 Å². The van der Waals surface area contributed by atoms with Crippen LogP contribution in [0.4, 0.5) is 11.5 Å². The Bertz CT molecular complexity index is 963. The summed E-state index contributed by atoms with van der Waals surface area (Å²) in [4.78, 5) is 39.9. The Labute approximate surface area is 161 Å². The van der Waals surface area contributed by atoms with Gasteiger partial charge in [0.1, 0.15) is 22.7 Å². The first-order valence-electron chi connectivity index (χ1n) is 8.81. The van der Waals surface area contributed by atoms with Crippen LogP contribution < -0.4 is 20.9 Å². The highest BCUT2D eigenvalue weighted by molar-refractivity contribution is 6.08. The van der Waals surface area contributed by atoms with Gasteiger partial charge in [-0.15, -0.1) is 0 Å². The molecular formula is C19H23N3O6. The van der Waals surface area contributed by atoms with Gasteiger partial charge in [0.15, 0.2) is 0 Å². The minimum absolute atomic E-state index is 0.172. The normalized spacial score (nSPS) is 10.5. The van der Waals surface area contributed by atoms with E-state index in [0.717, 1.165) is 18.8 Å². The summed E-state index contributed by atoms with van der Waals surface area (Å²) in [6.45, 7) is 7.45. The molecule has 2 rings (SSSR count). The summed E-state index contributed by atoms with van der Waals surface area (Å²) in [5.74, 6) is -3.18. The number of anilines is 2. The number of carboxylic acid groups (broad SMARTS) is 2. The van der Waals surface area contributed by atoms with Crippen LogP contribution in [0, 0.1) is 0 Å². The van der Waals surface area contributed by atoms with Crippen LogP contribution in [0.5, 0.6) is 5.75 Å².